The fourth-order valence-corrected chi connectivity index (χ4v) is 14.8. The number of ether oxygens (including phenoxy) is 3. The third kappa shape index (κ3) is 5.58. The van der Waals surface area contributed by atoms with Crippen molar-refractivity contribution in [2.45, 2.75) is 187 Å². The van der Waals surface area contributed by atoms with Crippen LogP contribution in [0.5, 0.6) is 0 Å². The number of likely N-dealkylation sites (tertiary alicyclic amines) is 1. The van der Waals surface area contributed by atoms with E-state index in [0.29, 0.717) is 28.2 Å². The fourth-order valence-electron chi connectivity index (χ4n) is 14.8. The second-order valence-corrected chi connectivity index (χ2v) is 20.1. The van der Waals surface area contributed by atoms with Crippen molar-refractivity contribution in [3.05, 3.63) is 0 Å². The number of aliphatic hydroxyl groups excluding tert-OH is 1. The Hall–Kier alpha value is -0.280. The second kappa shape index (κ2) is 12.7. The molecule has 2 spiro atoms. The topological polar surface area (TPSA) is 74.6 Å². The van der Waals surface area contributed by atoms with Crippen LogP contribution in [0, 0.1) is 45.3 Å². The molecule has 8 rings (SSSR count). The standard InChI is InChI=1S/C42H72N2O5/c1-8-27(9-2)43-20-15-28(16-21-43)44-22-23-47-36(25-44)49-35-14-17-42-26-41(42)19-18-40(7)30-10-12-32(37(45)39(5,6)46)48-33(30)24-31(40)29(41)11-13-34(42)38(35,3)4/h27-37,45-46H,8-26H2,1-7H3. The van der Waals surface area contributed by atoms with Gasteiger partial charge in [-0.1, -0.05) is 34.6 Å². The summed E-state index contributed by atoms with van der Waals surface area (Å²) in [6.45, 7) is 21.1. The Labute approximate surface area is 298 Å². The highest BCUT2D eigenvalue weighted by molar-refractivity contribution is 5.29. The third-order valence-corrected chi connectivity index (χ3v) is 17.5. The number of fused-ring (bicyclic) bond motifs is 4. The Morgan fingerprint density at radius 3 is 2.31 bits per heavy atom. The van der Waals surface area contributed by atoms with Crippen LogP contribution >= 0.6 is 0 Å². The van der Waals surface area contributed by atoms with Gasteiger partial charge in [0.05, 0.1) is 30.5 Å². The molecule has 3 aliphatic heterocycles. The highest BCUT2D eigenvalue weighted by Gasteiger charge is 2.80. The summed E-state index contributed by atoms with van der Waals surface area (Å²) in [7, 11) is 0. The highest BCUT2D eigenvalue weighted by Crippen LogP contribution is 2.87. The SMILES string of the molecule is CCC(CC)N1CCC(N2CCOC(OC3CCC45CC46CCC4(C)C7CCC(C(O)C(C)(C)O)OC7CC4C6CCC5C3(C)C)C2)CC1. The van der Waals surface area contributed by atoms with Crippen molar-refractivity contribution in [1.29, 1.82) is 0 Å². The van der Waals surface area contributed by atoms with E-state index in [2.05, 4.69) is 44.4 Å². The molecule has 0 bridgehead atoms. The molecular weight excluding hydrogens is 612 g/mol. The van der Waals surface area contributed by atoms with Gasteiger partial charge in [0.15, 0.2) is 6.29 Å². The first-order valence-corrected chi connectivity index (χ1v) is 21.1. The van der Waals surface area contributed by atoms with Crippen molar-refractivity contribution in [3.8, 4) is 0 Å². The van der Waals surface area contributed by atoms with Crippen molar-refractivity contribution in [3.63, 3.8) is 0 Å². The molecule has 49 heavy (non-hydrogen) atoms. The van der Waals surface area contributed by atoms with Gasteiger partial charge in [0.25, 0.3) is 0 Å². The van der Waals surface area contributed by atoms with Crippen LogP contribution in [0.15, 0.2) is 0 Å². The molecule has 3 heterocycles. The van der Waals surface area contributed by atoms with Gasteiger partial charge in [-0.15, -0.1) is 0 Å². The van der Waals surface area contributed by atoms with Crippen LogP contribution in [0.3, 0.4) is 0 Å². The van der Waals surface area contributed by atoms with Crippen molar-refractivity contribution in [1.82, 2.24) is 9.80 Å². The molecule has 2 N–H and O–H groups in total. The maximum atomic E-state index is 10.9. The van der Waals surface area contributed by atoms with Gasteiger partial charge in [-0.3, -0.25) is 4.90 Å². The van der Waals surface area contributed by atoms with Crippen LogP contribution in [0.25, 0.3) is 0 Å². The summed E-state index contributed by atoms with van der Waals surface area (Å²) in [5.41, 5.74) is 0.400. The molecule has 0 aromatic carbocycles. The average Bonchev–Trinajstić information content (AvgIpc) is 3.66. The van der Waals surface area contributed by atoms with E-state index in [4.69, 9.17) is 14.2 Å². The number of hydrogen-bond acceptors (Lipinski definition) is 7. The van der Waals surface area contributed by atoms with Gasteiger partial charge in [-0.05, 0) is 162 Å². The number of morpholine rings is 1. The van der Waals surface area contributed by atoms with E-state index in [1.807, 2.05) is 0 Å². The average molecular weight is 685 g/mol. The lowest BCUT2D eigenvalue weighted by Gasteiger charge is -2.60. The number of hydrogen-bond donors (Lipinski definition) is 2. The maximum absolute atomic E-state index is 10.9. The molecule has 12 unspecified atom stereocenters. The van der Waals surface area contributed by atoms with Gasteiger partial charge in [0.2, 0.25) is 0 Å². The number of rotatable bonds is 8. The molecule has 7 heteroatoms. The van der Waals surface area contributed by atoms with Gasteiger partial charge in [-0.2, -0.15) is 0 Å². The van der Waals surface area contributed by atoms with Crippen LogP contribution in [0.2, 0.25) is 0 Å². The Morgan fingerprint density at radius 2 is 1.59 bits per heavy atom. The van der Waals surface area contributed by atoms with Crippen molar-refractivity contribution in [2.24, 2.45) is 45.3 Å². The lowest BCUT2D eigenvalue weighted by atomic mass is 9.46. The smallest absolute Gasteiger partial charge is 0.170 e. The predicted molar refractivity (Wildman–Crippen MR) is 193 cm³/mol. The van der Waals surface area contributed by atoms with Crippen LogP contribution in [-0.2, 0) is 14.2 Å². The molecule has 5 aliphatic carbocycles. The van der Waals surface area contributed by atoms with E-state index in [-0.39, 0.29) is 30.0 Å². The van der Waals surface area contributed by atoms with Gasteiger partial charge < -0.3 is 29.3 Å². The first-order chi connectivity index (χ1) is 23.3. The zero-order valence-corrected chi connectivity index (χ0v) is 32.3. The molecule has 0 radical (unpaired) electrons. The summed E-state index contributed by atoms with van der Waals surface area (Å²) < 4.78 is 20.2. The molecule has 7 nitrogen and oxygen atoms in total. The van der Waals surface area contributed by atoms with Gasteiger partial charge >= 0.3 is 0 Å². The van der Waals surface area contributed by atoms with Gasteiger partial charge in [0, 0.05) is 25.2 Å². The molecule has 0 amide bonds. The normalized spacial score (nSPS) is 47.9. The molecule has 3 saturated heterocycles. The van der Waals surface area contributed by atoms with Crippen molar-refractivity contribution < 1.29 is 24.4 Å². The monoisotopic (exact) mass is 685 g/mol. The minimum atomic E-state index is -1.13. The summed E-state index contributed by atoms with van der Waals surface area (Å²) in [4.78, 5) is 5.46. The molecule has 5 saturated carbocycles. The zero-order valence-electron chi connectivity index (χ0n) is 32.3. The number of piperidine rings is 1. The Morgan fingerprint density at radius 1 is 0.857 bits per heavy atom. The molecule has 8 fully saturated rings. The van der Waals surface area contributed by atoms with Gasteiger partial charge in [0.1, 0.15) is 6.10 Å². The summed E-state index contributed by atoms with van der Waals surface area (Å²) in [5.74, 6) is 2.88. The number of aliphatic hydroxyl groups is 2. The summed E-state index contributed by atoms with van der Waals surface area (Å²) in [6.07, 6.45) is 17.0. The third-order valence-electron chi connectivity index (χ3n) is 17.5. The Kier molecular flexibility index (Phi) is 9.23. The molecule has 12 atom stereocenters. The lowest BCUT2D eigenvalue weighted by molar-refractivity contribution is -0.248. The van der Waals surface area contributed by atoms with E-state index in [1.165, 1.54) is 83.7 Å². The van der Waals surface area contributed by atoms with Crippen LogP contribution < -0.4 is 0 Å². The molecular formula is C42H72N2O5. The number of nitrogens with zero attached hydrogens (tertiary/aromatic N) is 2. The molecule has 0 aromatic heterocycles. The van der Waals surface area contributed by atoms with Crippen LogP contribution in [-0.4, -0.2) is 101 Å². The van der Waals surface area contributed by atoms with Crippen molar-refractivity contribution >= 4 is 0 Å². The molecule has 280 valence electrons. The highest BCUT2D eigenvalue weighted by atomic mass is 16.7. The predicted octanol–water partition coefficient (Wildman–Crippen LogP) is 7.02. The van der Waals surface area contributed by atoms with Crippen LogP contribution in [0.1, 0.15) is 138 Å². The maximum Gasteiger partial charge on any atom is 0.170 e. The van der Waals surface area contributed by atoms with E-state index >= 15 is 0 Å². The van der Waals surface area contributed by atoms with Crippen LogP contribution in [0.4, 0.5) is 0 Å². The quantitative estimate of drug-likeness (QED) is 0.285. The van der Waals surface area contributed by atoms with E-state index in [1.54, 1.807) is 13.8 Å². The van der Waals surface area contributed by atoms with Gasteiger partial charge in [-0.25, -0.2) is 0 Å². The van der Waals surface area contributed by atoms with E-state index in [9.17, 15) is 10.2 Å². The minimum Gasteiger partial charge on any atom is -0.388 e. The minimum absolute atomic E-state index is 0.0930. The Bertz CT molecular complexity index is 1190. The molecule has 8 aliphatic rings. The zero-order chi connectivity index (χ0) is 34.6. The van der Waals surface area contributed by atoms with Crippen molar-refractivity contribution in [2.75, 3.05) is 32.8 Å². The summed E-state index contributed by atoms with van der Waals surface area (Å²) >= 11 is 0. The van der Waals surface area contributed by atoms with E-state index < -0.39 is 11.7 Å². The second-order valence-electron chi connectivity index (χ2n) is 20.1. The lowest BCUT2D eigenvalue weighted by Crippen LogP contribution is -2.57. The fraction of sp³-hybridized carbons (Fsp3) is 1.00. The first kappa shape index (κ1) is 35.7. The molecule has 0 aromatic rings. The largest absolute Gasteiger partial charge is 0.388 e. The Balaban J connectivity index is 0.908. The first-order valence-electron chi connectivity index (χ1n) is 21.1. The summed E-state index contributed by atoms with van der Waals surface area (Å²) in [5, 5.41) is 21.5. The van der Waals surface area contributed by atoms with E-state index in [0.717, 1.165) is 62.8 Å². The summed E-state index contributed by atoms with van der Waals surface area (Å²) in [6, 6.07) is 1.42.